The Kier molecular flexibility index (Phi) is 4.50. The van der Waals surface area contributed by atoms with Crippen LogP contribution in [0.1, 0.15) is 0 Å². The molecule has 0 spiro atoms. The summed E-state index contributed by atoms with van der Waals surface area (Å²) in [4.78, 5) is 14.0. The minimum absolute atomic E-state index is 0.0489. The first-order chi connectivity index (χ1) is 9.61. The van der Waals surface area contributed by atoms with Crippen molar-refractivity contribution in [2.24, 2.45) is 16.8 Å². The van der Waals surface area contributed by atoms with E-state index in [1.54, 1.807) is 12.1 Å². The number of amidine groups is 1. The number of hydrogen-bond donors (Lipinski definition) is 2. The van der Waals surface area contributed by atoms with Crippen LogP contribution < -0.4 is 16.7 Å². The van der Waals surface area contributed by atoms with Crippen molar-refractivity contribution < 1.29 is 4.92 Å². The van der Waals surface area contributed by atoms with Gasteiger partial charge < -0.3 is 5.84 Å². The van der Waals surface area contributed by atoms with Crippen molar-refractivity contribution in [1.82, 2.24) is 4.98 Å². The molecule has 2 rings (SSSR count). The summed E-state index contributed by atoms with van der Waals surface area (Å²) in [7, 11) is 0. The maximum absolute atomic E-state index is 10.6. The molecule has 0 aliphatic rings. The third-order valence-corrected chi connectivity index (χ3v) is 4.19. The van der Waals surface area contributed by atoms with Gasteiger partial charge in [-0.25, -0.2) is 10.8 Å². The molecular weight excluding hydrogens is 300 g/mol. The molecule has 1 aromatic carbocycles. The first-order valence-corrected chi connectivity index (χ1v) is 6.91. The molecule has 0 amide bonds. The SMILES string of the molecule is N/N=C(/Sc1ncc([N+](=O)[O-])s1)N(N)c1ccccc1. The third-order valence-electron chi connectivity index (χ3n) is 2.18. The maximum Gasteiger partial charge on any atom is 0.344 e. The van der Waals surface area contributed by atoms with Crippen LogP contribution in [0.15, 0.2) is 46.0 Å². The van der Waals surface area contributed by atoms with E-state index in [9.17, 15) is 10.1 Å². The summed E-state index contributed by atoms with van der Waals surface area (Å²) in [6, 6.07) is 9.07. The Morgan fingerprint density at radius 1 is 1.45 bits per heavy atom. The number of nitro groups is 1. The molecule has 1 heterocycles. The number of para-hydroxylation sites is 1. The van der Waals surface area contributed by atoms with Gasteiger partial charge in [0.2, 0.25) is 5.17 Å². The molecule has 0 aliphatic carbocycles. The van der Waals surface area contributed by atoms with Gasteiger partial charge in [-0.3, -0.25) is 15.1 Å². The summed E-state index contributed by atoms with van der Waals surface area (Å²) in [6.07, 6.45) is 1.19. The van der Waals surface area contributed by atoms with Crippen LogP contribution in [0.2, 0.25) is 0 Å². The molecule has 0 aliphatic heterocycles. The van der Waals surface area contributed by atoms with Gasteiger partial charge in [0.25, 0.3) is 0 Å². The quantitative estimate of drug-likeness (QED) is 0.221. The van der Waals surface area contributed by atoms with Crippen molar-refractivity contribution in [3.63, 3.8) is 0 Å². The van der Waals surface area contributed by atoms with E-state index in [0.29, 0.717) is 10.0 Å². The van der Waals surface area contributed by atoms with Gasteiger partial charge >= 0.3 is 5.00 Å². The highest BCUT2D eigenvalue weighted by Crippen LogP contribution is 2.31. The first kappa shape index (κ1) is 14.2. The van der Waals surface area contributed by atoms with E-state index >= 15 is 0 Å². The number of nitrogens with two attached hydrogens (primary N) is 2. The second-order valence-electron chi connectivity index (χ2n) is 3.44. The summed E-state index contributed by atoms with van der Waals surface area (Å²) < 4.78 is 0.437. The van der Waals surface area contributed by atoms with Crippen molar-refractivity contribution in [3.05, 3.63) is 46.6 Å². The molecule has 0 atom stereocenters. The Balaban J connectivity index is 2.15. The van der Waals surface area contributed by atoms with Crippen molar-refractivity contribution in [2.75, 3.05) is 5.01 Å². The van der Waals surface area contributed by atoms with Gasteiger partial charge in [0.15, 0.2) is 4.34 Å². The monoisotopic (exact) mass is 310 g/mol. The molecule has 20 heavy (non-hydrogen) atoms. The number of rotatable bonds is 3. The van der Waals surface area contributed by atoms with E-state index in [-0.39, 0.29) is 10.2 Å². The highest BCUT2D eigenvalue weighted by molar-refractivity contribution is 8.15. The molecule has 104 valence electrons. The number of hydrogen-bond acceptors (Lipinski definition) is 8. The topological polar surface area (TPSA) is 124 Å². The molecule has 0 fully saturated rings. The lowest BCUT2D eigenvalue weighted by Crippen LogP contribution is -2.36. The molecular formula is C10H10N6O2S2. The minimum atomic E-state index is -0.502. The van der Waals surface area contributed by atoms with Crippen molar-refractivity contribution in [2.45, 2.75) is 4.34 Å². The summed E-state index contributed by atoms with van der Waals surface area (Å²) >= 11 is 1.99. The van der Waals surface area contributed by atoms with Crippen LogP contribution in [0.5, 0.6) is 0 Å². The number of hydrazine groups is 1. The van der Waals surface area contributed by atoms with Crippen LogP contribution in [-0.4, -0.2) is 15.1 Å². The van der Waals surface area contributed by atoms with Gasteiger partial charge in [0.05, 0.1) is 10.6 Å². The molecule has 2 aromatic rings. The van der Waals surface area contributed by atoms with E-state index in [1.807, 2.05) is 18.2 Å². The second-order valence-corrected chi connectivity index (χ2v) is 5.66. The molecule has 0 radical (unpaired) electrons. The molecule has 0 saturated heterocycles. The van der Waals surface area contributed by atoms with Gasteiger partial charge in [0, 0.05) is 0 Å². The van der Waals surface area contributed by atoms with Crippen LogP contribution in [0, 0.1) is 10.1 Å². The Bertz CT molecular complexity index is 630. The predicted molar refractivity (Wildman–Crippen MR) is 79.4 cm³/mol. The molecule has 0 saturated carbocycles. The Labute approximate surface area is 122 Å². The van der Waals surface area contributed by atoms with Gasteiger partial charge in [0.1, 0.15) is 6.20 Å². The number of nitrogens with zero attached hydrogens (tertiary/aromatic N) is 4. The van der Waals surface area contributed by atoms with Gasteiger partial charge in [-0.15, -0.1) is 0 Å². The molecule has 0 bridgehead atoms. The molecule has 8 nitrogen and oxygen atoms in total. The van der Waals surface area contributed by atoms with E-state index < -0.39 is 4.92 Å². The lowest BCUT2D eigenvalue weighted by Gasteiger charge is -2.18. The zero-order valence-electron chi connectivity index (χ0n) is 10.0. The number of hydrazone groups is 1. The number of aromatic nitrogens is 1. The Morgan fingerprint density at radius 2 is 2.15 bits per heavy atom. The lowest BCUT2D eigenvalue weighted by molar-refractivity contribution is -0.380. The first-order valence-electron chi connectivity index (χ1n) is 5.27. The van der Waals surface area contributed by atoms with Gasteiger partial charge in [-0.2, -0.15) is 5.10 Å². The van der Waals surface area contributed by atoms with Gasteiger partial charge in [-0.1, -0.05) is 18.2 Å². The normalized spacial score (nSPS) is 11.3. The molecule has 10 heteroatoms. The van der Waals surface area contributed by atoms with Crippen LogP contribution in [0.3, 0.4) is 0 Å². The largest absolute Gasteiger partial charge is 0.344 e. The number of thiazole rings is 1. The third kappa shape index (κ3) is 3.23. The number of anilines is 1. The highest BCUT2D eigenvalue weighted by Gasteiger charge is 2.17. The maximum atomic E-state index is 10.6. The standard InChI is InChI=1S/C10H10N6O2S2/c11-14-9(15(12)7-4-2-1-3-5-7)20-10-13-6-8(19-10)16(17)18/h1-6H,11-12H2/b14-9+. The van der Waals surface area contributed by atoms with E-state index in [0.717, 1.165) is 23.1 Å². The van der Waals surface area contributed by atoms with Crippen molar-refractivity contribution in [3.8, 4) is 0 Å². The number of thioether (sulfide) groups is 1. The predicted octanol–water partition coefficient (Wildman–Crippen LogP) is 1.75. The van der Waals surface area contributed by atoms with Crippen molar-refractivity contribution in [1.29, 1.82) is 0 Å². The van der Waals surface area contributed by atoms with E-state index in [1.165, 1.54) is 11.2 Å². The van der Waals surface area contributed by atoms with Crippen molar-refractivity contribution >= 4 is 39.0 Å². The van der Waals surface area contributed by atoms with Crippen LogP contribution in [0.25, 0.3) is 0 Å². The molecule has 0 unspecified atom stereocenters. The zero-order chi connectivity index (χ0) is 14.5. The van der Waals surface area contributed by atoms with E-state index in [2.05, 4.69) is 10.1 Å². The Morgan fingerprint density at radius 3 is 2.70 bits per heavy atom. The van der Waals surface area contributed by atoms with Gasteiger partial charge in [-0.05, 0) is 35.2 Å². The average molecular weight is 310 g/mol. The molecule has 1 aromatic heterocycles. The molecule has 4 N–H and O–H groups in total. The lowest BCUT2D eigenvalue weighted by atomic mass is 10.3. The fourth-order valence-corrected chi connectivity index (χ4v) is 2.93. The summed E-state index contributed by atoms with van der Waals surface area (Å²) in [5, 5.41) is 15.7. The van der Waals surface area contributed by atoms with Crippen LogP contribution in [-0.2, 0) is 0 Å². The minimum Gasteiger partial charge on any atom is -0.321 e. The van der Waals surface area contributed by atoms with Crippen LogP contribution in [0.4, 0.5) is 10.7 Å². The zero-order valence-corrected chi connectivity index (χ0v) is 11.7. The summed E-state index contributed by atoms with van der Waals surface area (Å²) in [5.74, 6) is 11.2. The summed E-state index contributed by atoms with van der Waals surface area (Å²) in [6.45, 7) is 0. The average Bonchev–Trinajstić information content (AvgIpc) is 2.94. The fraction of sp³-hybridized carbons (Fsp3) is 0. The van der Waals surface area contributed by atoms with E-state index in [4.69, 9.17) is 11.7 Å². The fourth-order valence-electron chi connectivity index (χ4n) is 1.30. The second kappa shape index (κ2) is 6.32. The Hall–Kier alpha value is -2.17. The summed E-state index contributed by atoms with van der Waals surface area (Å²) in [5.41, 5.74) is 0.690. The highest BCUT2D eigenvalue weighted by atomic mass is 32.2. The number of benzene rings is 1. The smallest absolute Gasteiger partial charge is 0.321 e. The van der Waals surface area contributed by atoms with Crippen LogP contribution >= 0.6 is 23.1 Å².